The highest BCUT2D eigenvalue weighted by molar-refractivity contribution is 6.01. The number of amides is 6. The maximum Gasteiger partial charge on any atom is 0.336 e. The maximum absolute atomic E-state index is 13.8. The first-order valence-corrected chi connectivity index (χ1v) is 15.4. The third-order valence-electron chi connectivity index (χ3n) is 8.62. The molecule has 0 unspecified atom stereocenters. The molecule has 45 heavy (non-hydrogen) atoms. The number of carbonyl (C=O) groups excluding carboxylic acids is 6. The molecule has 13 nitrogen and oxygen atoms in total. The summed E-state index contributed by atoms with van der Waals surface area (Å²) in [6.45, 7) is 13.5. The summed E-state index contributed by atoms with van der Waals surface area (Å²) in [6.07, 6.45) is 5.93. The van der Waals surface area contributed by atoms with Crippen molar-refractivity contribution in [2.75, 3.05) is 46.0 Å². The molecule has 4 aliphatic carbocycles. The minimum absolute atomic E-state index is 0.127. The molecule has 0 aliphatic heterocycles. The van der Waals surface area contributed by atoms with Gasteiger partial charge in [0.15, 0.2) is 0 Å². The van der Waals surface area contributed by atoms with Gasteiger partial charge in [0, 0.05) is 23.3 Å². The molecule has 0 aromatic heterocycles. The standard InChI is InChI=1S/C32H46N4O9/c1-19(2)27(37)43-10-7-33-30(40)35(8-11-44-28(38)20(3)4)32(42)36(9-12-45-29(39)21(5)6)31(41)34-18-26-24-14-22-13-23(16-24)17-25(26)15-22/h22-26H,1,3,5,7-18H2,2,4,6H3,(H,33,40)(H,34,41). The van der Waals surface area contributed by atoms with Crippen molar-refractivity contribution in [1.29, 1.82) is 0 Å². The number of nitrogens with one attached hydrogen (secondary N) is 2. The molecule has 0 saturated heterocycles. The van der Waals surface area contributed by atoms with Crippen LogP contribution in [0.15, 0.2) is 36.5 Å². The van der Waals surface area contributed by atoms with Crippen LogP contribution in [0.25, 0.3) is 0 Å². The highest BCUT2D eigenvalue weighted by Crippen LogP contribution is 2.56. The van der Waals surface area contributed by atoms with Gasteiger partial charge in [0.2, 0.25) is 0 Å². The number of imide groups is 2. The van der Waals surface area contributed by atoms with E-state index >= 15 is 0 Å². The van der Waals surface area contributed by atoms with Crippen LogP contribution in [0.4, 0.5) is 14.4 Å². The Hall–Kier alpha value is -4.16. The first-order chi connectivity index (χ1) is 21.3. The van der Waals surface area contributed by atoms with Crippen LogP contribution in [-0.4, -0.2) is 91.8 Å². The lowest BCUT2D eigenvalue weighted by molar-refractivity contribution is -0.139. The quantitative estimate of drug-likeness (QED) is 0.127. The Morgan fingerprint density at radius 3 is 1.44 bits per heavy atom. The van der Waals surface area contributed by atoms with Gasteiger partial charge in [0.25, 0.3) is 0 Å². The minimum atomic E-state index is -1.02. The van der Waals surface area contributed by atoms with Crippen LogP contribution in [0, 0.1) is 29.6 Å². The zero-order valence-corrected chi connectivity index (χ0v) is 26.6. The number of hydrogen-bond acceptors (Lipinski definition) is 9. The van der Waals surface area contributed by atoms with E-state index in [9.17, 15) is 28.8 Å². The van der Waals surface area contributed by atoms with Gasteiger partial charge in [-0.1, -0.05) is 19.7 Å². The number of carbonyl (C=O) groups is 6. The Morgan fingerprint density at radius 2 is 1.02 bits per heavy atom. The van der Waals surface area contributed by atoms with Gasteiger partial charge < -0.3 is 24.8 Å². The third kappa shape index (κ3) is 9.92. The molecule has 4 rings (SSSR count). The van der Waals surface area contributed by atoms with Crippen molar-refractivity contribution < 1.29 is 43.0 Å². The van der Waals surface area contributed by atoms with Gasteiger partial charge in [0.05, 0.1) is 19.6 Å². The number of urea groups is 3. The topological polar surface area (TPSA) is 161 Å². The molecule has 0 aromatic carbocycles. The van der Waals surface area contributed by atoms with Crippen molar-refractivity contribution in [2.24, 2.45) is 29.6 Å². The summed E-state index contributed by atoms with van der Waals surface area (Å²) in [5.74, 6) is 0.844. The van der Waals surface area contributed by atoms with Crippen molar-refractivity contribution in [2.45, 2.75) is 52.9 Å². The molecule has 0 aromatic rings. The SMILES string of the molecule is C=C(C)C(=O)OCCNC(=O)N(CCOC(=O)C(=C)C)C(=O)N(CCOC(=O)C(=C)C)C(=O)NCC1C2CC3CC(C2)CC1C3. The Morgan fingerprint density at radius 1 is 0.622 bits per heavy atom. The monoisotopic (exact) mass is 630 g/mol. The second kappa shape index (κ2) is 16.2. The first-order valence-electron chi connectivity index (χ1n) is 15.4. The molecular formula is C32H46N4O9. The average molecular weight is 631 g/mol. The normalized spacial score (nSPS) is 22.4. The summed E-state index contributed by atoms with van der Waals surface area (Å²) in [5.41, 5.74) is 0.453. The lowest BCUT2D eigenvalue weighted by Crippen LogP contribution is -2.57. The fourth-order valence-electron chi connectivity index (χ4n) is 6.61. The van der Waals surface area contributed by atoms with Gasteiger partial charge >= 0.3 is 36.0 Å². The van der Waals surface area contributed by atoms with E-state index in [0.717, 1.165) is 42.4 Å². The maximum atomic E-state index is 13.8. The van der Waals surface area contributed by atoms with Crippen molar-refractivity contribution in [3.8, 4) is 0 Å². The Balaban J connectivity index is 1.72. The lowest BCUT2D eigenvalue weighted by atomic mass is 9.52. The highest BCUT2D eigenvalue weighted by Gasteiger charge is 2.48. The van der Waals surface area contributed by atoms with Crippen molar-refractivity contribution in [3.05, 3.63) is 36.5 Å². The molecule has 0 heterocycles. The summed E-state index contributed by atoms with van der Waals surface area (Å²) < 4.78 is 15.2. The molecule has 4 bridgehead atoms. The van der Waals surface area contributed by atoms with E-state index in [-0.39, 0.29) is 49.6 Å². The number of esters is 3. The highest BCUT2D eigenvalue weighted by atomic mass is 16.5. The summed E-state index contributed by atoms with van der Waals surface area (Å²) in [7, 11) is 0. The molecule has 2 N–H and O–H groups in total. The molecule has 6 amide bonds. The van der Waals surface area contributed by atoms with Crippen molar-refractivity contribution in [1.82, 2.24) is 20.4 Å². The molecule has 0 spiro atoms. The largest absolute Gasteiger partial charge is 0.460 e. The Labute approximate surface area is 264 Å². The Kier molecular flexibility index (Phi) is 12.7. The van der Waals surface area contributed by atoms with E-state index in [1.807, 2.05) is 0 Å². The predicted molar refractivity (Wildman–Crippen MR) is 163 cm³/mol. The molecule has 4 aliphatic rings. The third-order valence-corrected chi connectivity index (χ3v) is 8.62. The van der Waals surface area contributed by atoms with Crippen LogP contribution in [0.2, 0.25) is 0 Å². The van der Waals surface area contributed by atoms with Gasteiger partial charge in [-0.25, -0.2) is 38.6 Å². The molecule has 4 fully saturated rings. The molecule has 4 saturated carbocycles. The number of rotatable bonds is 14. The molecule has 13 heteroatoms. The Bertz CT molecular complexity index is 1180. The van der Waals surface area contributed by atoms with Crippen LogP contribution in [0.3, 0.4) is 0 Å². The van der Waals surface area contributed by atoms with Gasteiger partial charge in [0.1, 0.15) is 19.8 Å². The summed E-state index contributed by atoms with van der Waals surface area (Å²) in [5, 5.41) is 5.36. The number of ether oxygens (including phenoxy) is 3. The molecule has 248 valence electrons. The van der Waals surface area contributed by atoms with Crippen LogP contribution < -0.4 is 10.6 Å². The number of nitrogens with zero attached hydrogens (tertiary/aromatic N) is 2. The molecule has 0 atom stereocenters. The smallest absolute Gasteiger partial charge is 0.336 e. The fraction of sp³-hybridized carbons (Fsp3) is 0.625. The van der Waals surface area contributed by atoms with Gasteiger partial charge in [-0.2, -0.15) is 0 Å². The van der Waals surface area contributed by atoms with E-state index in [2.05, 4.69) is 30.4 Å². The zero-order chi connectivity index (χ0) is 33.3. The van der Waals surface area contributed by atoms with Gasteiger partial charge in [-0.3, -0.25) is 0 Å². The summed E-state index contributed by atoms with van der Waals surface area (Å²) >= 11 is 0. The second-order valence-electron chi connectivity index (χ2n) is 12.3. The zero-order valence-electron chi connectivity index (χ0n) is 26.6. The van der Waals surface area contributed by atoms with Crippen molar-refractivity contribution in [3.63, 3.8) is 0 Å². The fourth-order valence-corrected chi connectivity index (χ4v) is 6.61. The lowest BCUT2D eigenvalue weighted by Gasteiger charge is -2.54. The van der Waals surface area contributed by atoms with E-state index < -0.39 is 42.5 Å². The van der Waals surface area contributed by atoms with Crippen molar-refractivity contribution >= 4 is 36.0 Å². The van der Waals surface area contributed by atoms with E-state index in [1.165, 1.54) is 27.2 Å². The van der Waals surface area contributed by atoms with Crippen LogP contribution in [-0.2, 0) is 28.6 Å². The predicted octanol–water partition coefficient (Wildman–Crippen LogP) is 3.56. The average Bonchev–Trinajstić information content (AvgIpc) is 2.97. The minimum Gasteiger partial charge on any atom is -0.460 e. The van der Waals surface area contributed by atoms with Crippen LogP contribution in [0.1, 0.15) is 52.9 Å². The summed E-state index contributed by atoms with van der Waals surface area (Å²) in [4.78, 5) is 77.6. The molecular weight excluding hydrogens is 584 g/mol. The second-order valence-corrected chi connectivity index (χ2v) is 12.3. The summed E-state index contributed by atoms with van der Waals surface area (Å²) in [6, 6.07) is -2.69. The van der Waals surface area contributed by atoms with E-state index in [0.29, 0.717) is 29.2 Å². The first kappa shape index (κ1) is 35.3. The van der Waals surface area contributed by atoms with Gasteiger partial charge in [-0.05, 0) is 82.5 Å². The van der Waals surface area contributed by atoms with Crippen LogP contribution >= 0.6 is 0 Å². The number of hydrogen-bond donors (Lipinski definition) is 2. The van der Waals surface area contributed by atoms with E-state index in [4.69, 9.17) is 14.2 Å². The van der Waals surface area contributed by atoms with Crippen LogP contribution in [0.5, 0.6) is 0 Å². The van der Waals surface area contributed by atoms with Gasteiger partial charge in [-0.15, -0.1) is 0 Å². The van der Waals surface area contributed by atoms with E-state index in [1.54, 1.807) is 0 Å². The molecule has 0 radical (unpaired) electrons.